The molecule has 0 saturated carbocycles. The first-order valence-electron chi connectivity index (χ1n) is 16.7. The molecule has 3 amide bonds. The molecule has 0 aliphatic heterocycles. The smallest absolute Gasteiger partial charge is 0.418 e. The van der Waals surface area contributed by atoms with Gasteiger partial charge in [-0.05, 0) is 60.4 Å². The van der Waals surface area contributed by atoms with Crippen LogP contribution in [0.4, 0.5) is 13.2 Å². The standard InChI is InChI=1S/C36H46F3N5O4S/c1-6-20(3)29(32(40)49)43-34(47)35(17-16-27-25(19-35)24-12-9-13-26(31(24)41-27)36(37,38)39)44-33(46)30(21(4)7-2)42-28(45)15-14-22-10-8-11-23(18-22)48-5/h8-13,18,20-21,29-30,41H,6-7,14-17,19H2,1-5H3,(H2,40,49)(H,42,45)(H,43,47)(H,44,46)/t20-,21?,29?,30-,35+/m0/s1. The lowest BCUT2D eigenvalue weighted by molar-refractivity contribution is -0.137. The normalized spacial score (nSPS) is 18.4. The minimum absolute atomic E-state index is 0.0658. The first-order chi connectivity index (χ1) is 23.1. The van der Waals surface area contributed by atoms with Crippen molar-refractivity contribution in [1.29, 1.82) is 0 Å². The first kappa shape index (κ1) is 37.7. The Kier molecular flexibility index (Phi) is 12.0. The lowest BCUT2D eigenvalue weighted by Gasteiger charge is -2.40. The van der Waals surface area contributed by atoms with E-state index in [1.165, 1.54) is 6.07 Å². The largest absolute Gasteiger partial charge is 0.497 e. The quantitative estimate of drug-likeness (QED) is 0.141. The molecule has 266 valence electrons. The van der Waals surface area contributed by atoms with E-state index in [9.17, 15) is 27.6 Å². The van der Waals surface area contributed by atoms with E-state index in [2.05, 4.69) is 20.9 Å². The summed E-state index contributed by atoms with van der Waals surface area (Å²) in [4.78, 5) is 44.8. The first-order valence-corrected chi connectivity index (χ1v) is 17.1. The molecule has 0 saturated heterocycles. The van der Waals surface area contributed by atoms with Crippen molar-refractivity contribution in [2.24, 2.45) is 17.6 Å². The van der Waals surface area contributed by atoms with Crippen molar-refractivity contribution in [1.82, 2.24) is 20.9 Å². The topological polar surface area (TPSA) is 138 Å². The summed E-state index contributed by atoms with van der Waals surface area (Å²) in [6.07, 6.45) is -2.64. The van der Waals surface area contributed by atoms with Crippen LogP contribution in [0, 0.1) is 11.8 Å². The fourth-order valence-electron chi connectivity index (χ4n) is 6.42. The molecule has 2 unspecified atom stereocenters. The molecule has 1 aromatic heterocycles. The van der Waals surface area contributed by atoms with Gasteiger partial charge < -0.3 is 31.4 Å². The maximum atomic E-state index is 14.4. The highest BCUT2D eigenvalue weighted by molar-refractivity contribution is 7.80. The lowest BCUT2D eigenvalue weighted by atomic mass is 9.78. The van der Waals surface area contributed by atoms with E-state index in [0.717, 1.165) is 11.6 Å². The minimum atomic E-state index is -4.59. The van der Waals surface area contributed by atoms with Crippen LogP contribution in [0.1, 0.15) is 75.8 Å². The van der Waals surface area contributed by atoms with Gasteiger partial charge in [0.05, 0.1) is 29.2 Å². The van der Waals surface area contributed by atoms with Crippen LogP contribution in [0.2, 0.25) is 0 Å². The molecule has 49 heavy (non-hydrogen) atoms. The number of aromatic nitrogens is 1. The van der Waals surface area contributed by atoms with Crippen LogP contribution < -0.4 is 26.4 Å². The SMILES string of the molecule is CCC(C)[C@H](NC(=O)CCc1cccc(OC)c1)C(=O)N[C@]1(C(=O)NC(C(N)=S)[C@@H](C)CC)CCc2[nH]c3c(C(F)(F)F)cccc3c2C1. The van der Waals surface area contributed by atoms with E-state index in [1.807, 2.05) is 52.0 Å². The summed E-state index contributed by atoms with van der Waals surface area (Å²) in [6, 6.07) is 9.65. The van der Waals surface area contributed by atoms with E-state index in [1.54, 1.807) is 13.2 Å². The van der Waals surface area contributed by atoms with E-state index in [0.29, 0.717) is 41.7 Å². The fraction of sp³-hybridized carbons (Fsp3) is 0.500. The molecular weight excluding hydrogens is 655 g/mol. The van der Waals surface area contributed by atoms with Crippen molar-refractivity contribution >= 4 is 45.8 Å². The summed E-state index contributed by atoms with van der Waals surface area (Å²) < 4.78 is 47.1. The molecule has 1 aliphatic carbocycles. The van der Waals surface area contributed by atoms with Gasteiger partial charge in [-0.1, -0.05) is 77.0 Å². The van der Waals surface area contributed by atoms with Crippen LogP contribution in [-0.2, 0) is 39.8 Å². The molecule has 2 aromatic carbocycles. The van der Waals surface area contributed by atoms with Gasteiger partial charge in [-0.25, -0.2) is 0 Å². The number of amides is 3. The van der Waals surface area contributed by atoms with Crippen LogP contribution >= 0.6 is 12.2 Å². The van der Waals surface area contributed by atoms with Crippen LogP contribution in [0.5, 0.6) is 5.75 Å². The fourth-order valence-corrected chi connectivity index (χ4v) is 6.71. The second kappa shape index (κ2) is 15.6. The molecule has 0 radical (unpaired) electrons. The number of methoxy groups -OCH3 is 1. The zero-order valence-corrected chi connectivity index (χ0v) is 29.4. The van der Waals surface area contributed by atoms with Gasteiger partial charge in [0.15, 0.2) is 0 Å². The molecular formula is C36H46F3N5O4S. The zero-order valence-electron chi connectivity index (χ0n) is 28.6. The minimum Gasteiger partial charge on any atom is -0.497 e. The second-order valence-electron chi connectivity index (χ2n) is 13.1. The predicted octanol–water partition coefficient (Wildman–Crippen LogP) is 5.52. The van der Waals surface area contributed by atoms with Crippen molar-refractivity contribution in [3.05, 3.63) is 64.8 Å². The molecule has 3 aromatic rings. The number of nitrogens with one attached hydrogen (secondary N) is 4. The van der Waals surface area contributed by atoms with E-state index in [-0.39, 0.29) is 53.9 Å². The van der Waals surface area contributed by atoms with Gasteiger partial charge >= 0.3 is 6.18 Å². The number of rotatable bonds is 14. The summed E-state index contributed by atoms with van der Waals surface area (Å²) >= 11 is 5.29. The summed E-state index contributed by atoms with van der Waals surface area (Å²) in [5, 5.41) is 9.14. The maximum absolute atomic E-state index is 14.4. The summed E-state index contributed by atoms with van der Waals surface area (Å²) in [7, 11) is 1.56. The molecule has 0 fully saturated rings. The number of H-pyrrole nitrogens is 1. The maximum Gasteiger partial charge on any atom is 0.418 e. The van der Waals surface area contributed by atoms with Gasteiger partial charge in [-0.2, -0.15) is 13.2 Å². The molecule has 0 bridgehead atoms. The number of benzene rings is 2. The Labute approximate surface area is 290 Å². The lowest BCUT2D eigenvalue weighted by Crippen LogP contribution is -2.67. The van der Waals surface area contributed by atoms with Crippen molar-refractivity contribution in [2.75, 3.05) is 7.11 Å². The predicted molar refractivity (Wildman–Crippen MR) is 187 cm³/mol. The van der Waals surface area contributed by atoms with Crippen LogP contribution in [0.3, 0.4) is 0 Å². The van der Waals surface area contributed by atoms with Gasteiger partial charge in [-0.3, -0.25) is 14.4 Å². The van der Waals surface area contributed by atoms with Gasteiger partial charge in [0.25, 0.3) is 0 Å². The van der Waals surface area contributed by atoms with Crippen molar-refractivity contribution < 1.29 is 32.3 Å². The van der Waals surface area contributed by atoms with Gasteiger partial charge in [-0.15, -0.1) is 0 Å². The number of carbonyl (C=O) groups excluding carboxylic acids is 3. The number of thiocarbonyl (C=S) groups is 1. The second-order valence-corrected chi connectivity index (χ2v) is 13.5. The summed E-state index contributed by atoms with van der Waals surface area (Å²) in [5.74, 6) is -1.19. The highest BCUT2D eigenvalue weighted by Crippen LogP contribution is 2.40. The Morgan fingerprint density at radius 2 is 1.71 bits per heavy atom. The Morgan fingerprint density at radius 3 is 2.35 bits per heavy atom. The third-order valence-corrected chi connectivity index (χ3v) is 10.1. The Morgan fingerprint density at radius 1 is 1.04 bits per heavy atom. The monoisotopic (exact) mass is 701 g/mol. The molecule has 5 atom stereocenters. The molecule has 0 spiro atoms. The molecule has 4 rings (SSSR count). The van der Waals surface area contributed by atoms with E-state index >= 15 is 0 Å². The number of hydrogen-bond donors (Lipinski definition) is 5. The third-order valence-electron chi connectivity index (χ3n) is 9.81. The van der Waals surface area contributed by atoms with E-state index < -0.39 is 41.2 Å². The Balaban J connectivity index is 1.67. The summed E-state index contributed by atoms with van der Waals surface area (Å²) in [6.45, 7) is 7.56. The number of hydrogen-bond acceptors (Lipinski definition) is 5. The van der Waals surface area contributed by atoms with Crippen molar-refractivity contribution in [2.45, 2.75) is 96.4 Å². The van der Waals surface area contributed by atoms with Gasteiger partial charge in [0.1, 0.15) is 17.3 Å². The highest BCUT2D eigenvalue weighted by atomic mass is 32.1. The Hall–Kier alpha value is -4.13. The number of nitrogens with two attached hydrogens (primary N) is 1. The number of aromatic amines is 1. The van der Waals surface area contributed by atoms with E-state index in [4.69, 9.17) is 22.7 Å². The number of aryl methyl sites for hydroxylation is 2. The average molecular weight is 702 g/mol. The van der Waals surface area contributed by atoms with Crippen LogP contribution in [-0.4, -0.2) is 52.4 Å². The number of carbonyl (C=O) groups is 3. The van der Waals surface area contributed by atoms with Gasteiger partial charge in [0, 0.05) is 23.9 Å². The van der Waals surface area contributed by atoms with Crippen LogP contribution in [0.25, 0.3) is 10.9 Å². The molecule has 1 heterocycles. The Bertz CT molecular complexity index is 1690. The molecule has 6 N–H and O–H groups in total. The van der Waals surface area contributed by atoms with Gasteiger partial charge in [0.2, 0.25) is 17.7 Å². The van der Waals surface area contributed by atoms with Crippen LogP contribution in [0.15, 0.2) is 42.5 Å². The molecule has 13 heteroatoms. The number of halogens is 3. The third kappa shape index (κ3) is 8.55. The molecule has 1 aliphatic rings. The number of fused-ring (bicyclic) bond motifs is 3. The molecule has 9 nitrogen and oxygen atoms in total. The number of para-hydroxylation sites is 1. The number of alkyl halides is 3. The van der Waals surface area contributed by atoms with Crippen molar-refractivity contribution in [3.8, 4) is 5.75 Å². The summed E-state index contributed by atoms with van der Waals surface area (Å²) in [5.41, 5.74) is 5.58. The zero-order chi connectivity index (χ0) is 36.1. The number of ether oxygens (including phenoxy) is 1. The highest BCUT2D eigenvalue weighted by Gasteiger charge is 2.47. The van der Waals surface area contributed by atoms with Crippen molar-refractivity contribution in [3.63, 3.8) is 0 Å². The average Bonchev–Trinajstić information content (AvgIpc) is 3.44.